The van der Waals surface area contributed by atoms with Gasteiger partial charge in [-0.2, -0.15) is 54.5 Å². The zero-order chi connectivity index (χ0) is 143. The van der Waals surface area contributed by atoms with E-state index in [1.54, 1.807) is 38.1 Å². The number of thioether (sulfide) groups is 3. The maximum absolute atomic E-state index is 14.9. The molecule has 143 heavy (non-hydrogen) atoms. The molecule has 0 radical (unpaired) electrons. The van der Waals surface area contributed by atoms with Crippen LogP contribution in [-0.2, 0) is 128 Å². The summed E-state index contributed by atoms with van der Waals surface area (Å²) >= 11 is 0.420. The molecule has 3 amide bonds. The molecule has 0 spiro atoms. The molecule has 3 aromatic heterocycles. The molecule has 0 fully saturated rings. The minimum absolute atomic E-state index is 0.0849. The monoisotopic (exact) mass is 2070 g/mol. The van der Waals surface area contributed by atoms with Crippen LogP contribution in [0.4, 0.5) is 52.7 Å². The number of aromatic nitrogens is 6. The van der Waals surface area contributed by atoms with E-state index in [9.17, 15) is 81.5 Å². The molecular weight excluding hydrogens is 1910 g/mol. The third kappa shape index (κ3) is 29.5. The normalized spacial score (nSPS) is 20.1. The van der Waals surface area contributed by atoms with Crippen LogP contribution >= 0.6 is 35.3 Å². The van der Waals surface area contributed by atoms with E-state index in [4.69, 9.17) is 63.1 Å². The maximum atomic E-state index is 14.9. The summed E-state index contributed by atoms with van der Waals surface area (Å²) in [5.41, 5.74) is -23.1. The Morgan fingerprint density at radius 3 is 1.20 bits per heavy atom. The predicted molar refractivity (Wildman–Crippen MR) is 539 cm³/mol. The van der Waals surface area contributed by atoms with E-state index in [-0.39, 0.29) is 71.4 Å². The van der Waals surface area contributed by atoms with Gasteiger partial charge in [-0.25, -0.2) is 13.2 Å². The van der Waals surface area contributed by atoms with Crippen molar-refractivity contribution in [1.82, 2.24) is 58.1 Å². The van der Waals surface area contributed by atoms with E-state index < -0.39 is 438 Å². The predicted octanol–water partition coefficient (Wildman–Crippen LogP) is 22.2. The van der Waals surface area contributed by atoms with Crippen molar-refractivity contribution in [1.29, 1.82) is 0 Å². The van der Waals surface area contributed by atoms with Crippen molar-refractivity contribution in [2.75, 3.05) is 78.2 Å². The number of rotatable bonds is 39. The summed E-state index contributed by atoms with van der Waals surface area (Å²) in [7, 11) is 0. The number of hydrogen-bond acceptors (Lipinski definition) is 15. The van der Waals surface area contributed by atoms with Crippen molar-refractivity contribution in [3.05, 3.63) is 350 Å². The number of fused-ring (bicyclic) bond motifs is 3. The molecule has 0 saturated carbocycles. The number of carbonyl (C=O) groups is 3. The number of nitrogens with zero attached hydrogens (tertiary/aromatic N) is 12. The van der Waals surface area contributed by atoms with Crippen LogP contribution in [0.15, 0.2) is 242 Å². The molecule has 1 atom stereocenters. The van der Waals surface area contributed by atoms with Crippen LogP contribution in [0.5, 0.6) is 0 Å². The van der Waals surface area contributed by atoms with Gasteiger partial charge in [0.1, 0.15) is 37.1 Å². The first-order valence-corrected chi connectivity index (χ1v) is 46.1. The van der Waals surface area contributed by atoms with Crippen molar-refractivity contribution in [2.45, 2.75) is 197 Å². The number of alkyl halides is 9. The lowest BCUT2D eigenvalue weighted by atomic mass is 9.98. The Balaban J connectivity index is 0.000000231. The van der Waals surface area contributed by atoms with Crippen LogP contribution in [0, 0.1) is 30.3 Å². The Labute approximate surface area is 903 Å². The van der Waals surface area contributed by atoms with Gasteiger partial charge in [-0.3, -0.25) is 28.8 Å². The number of carbonyl (C=O) groups excluding carboxylic acids is 3. The van der Waals surface area contributed by atoms with Crippen molar-refractivity contribution in [2.24, 2.45) is 5.89 Å². The summed E-state index contributed by atoms with van der Waals surface area (Å²) in [5, 5.41) is -1.68. The molecule has 0 saturated heterocycles. The SMILES string of the molecule is [2H]C([2H])(Sc1nc(=O)c2c(n1CC(=O)N(Cc1ccc(-c3ccc(C(F)(F)F)cc3)cc1)C([2H])([2H])C([2H])([2H])N(CC)CC)CCC2)c1ccc(F)cc1.[2H]c1c([2H])c(C([2H])([2H])Sc2nc(=O)c3c(n2CC(=O)N(CCN(C([2H])([2H])C)C([2H])([2H])C)Cc2c([2H])c([2H])c(-c4c([2H])c([2H])c(C(F)(F)F)c(C)c4[2H])c([2H])c2[2H])CCC3)c([2H])c([2H])c1F.[2H]c1c([2H])c(C([2H])([2H])Sc2nc(=O)c3c(n2CC(=O)N(CCN(C([2H])([2H])C)C([2H])([2H])C)Cc2c([2H])c([2H])c(-c4c([2H])c([2H])c(C(F)(F)F)c([2H])c4[2H])c([2H])c2[2H])C([2H])([2H])C([2H])(C)C3([2H])[2H])c([2H])c([2H])c1F. The summed E-state index contributed by atoms with van der Waals surface area (Å²) in [6, 6.07) is -11.7. The fraction of sp³-hybridized carbons (Fsp3) is 0.373. The second-order valence-corrected chi connectivity index (χ2v) is 33.5. The molecule has 0 aliphatic heterocycles. The highest BCUT2D eigenvalue weighted by molar-refractivity contribution is 7.98. The van der Waals surface area contributed by atoms with Gasteiger partial charge < -0.3 is 43.1 Å². The van der Waals surface area contributed by atoms with Gasteiger partial charge in [-0.05, 0) is 242 Å². The van der Waals surface area contributed by atoms with Crippen molar-refractivity contribution in [3.8, 4) is 33.4 Å². The Bertz CT molecular complexity index is 9040. The van der Waals surface area contributed by atoms with Gasteiger partial charge in [0, 0.05) is 138 Å². The lowest BCUT2D eigenvalue weighted by molar-refractivity contribution is -0.138. The summed E-state index contributed by atoms with van der Waals surface area (Å²) in [6.07, 6.45) is -19.6. The van der Waals surface area contributed by atoms with E-state index in [2.05, 4.69) is 15.0 Å². The van der Waals surface area contributed by atoms with Gasteiger partial charge in [0.2, 0.25) is 17.7 Å². The van der Waals surface area contributed by atoms with Crippen molar-refractivity contribution >= 4 is 53.0 Å². The molecule has 33 heteroatoms. The quantitative estimate of drug-likeness (QED) is 0.0202. The highest BCUT2D eigenvalue weighted by Gasteiger charge is 2.36. The lowest BCUT2D eigenvalue weighted by Crippen LogP contribution is -2.40. The van der Waals surface area contributed by atoms with E-state index in [1.165, 1.54) is 33.7 Å². The fourth-order valence-corrected chi connectivity index (χ4v) is 16.6. The molecular formula is C110H118F12N12O6S3. The summed E-state index contributed by atoms with van der Waals surface area (Å²) in [4.78, 5) is 101. The average molecular weight is 2070 g/mol. The van der Waals surface area contributed by atoms with Crippen LogP contribution in [0.25, 0.3) is 33.4 Å². The minimum Gasteiger partial charge on any atom is -0.336 e. The largest absolute Gasteiger partial charge is 0.416 e. The van der Waals surface area contributed by atoms with Crippen LogP contribution in [0.2, 0.25) is 0 Å². The minimum atomic E-state index is -5.40. The Hall–Kier alpha value is -11.9. The summed E-state index contributed by atoms with van der Waals surface area (Å²) in [6.45, 7) is -14.2. The Morgan fingerprint density at radius 2 is 0.776 bits per heavy atom. The third-order valence-corrected chi connectivity index (χ3v) is 24.2. The first kappa shape index (κ1) is 62.1. The van der Waals surface area contributed by atoms with Crippen LogP contribution in [-0.4, -0.2) is 154 Å². The maximum Gasteiger partial charge on any atom is 0.416 e. The number of halogens is 12. The van der Waals surface area contributed by atoms with Gasteiger partial charge in [-0.1, -0.05) is 229 Å². The Kier molecular flexibility index (Phi) is 21.7. The molecule has 9 aromatic carbocycles. The molecule has 3 heterocycles. The third-order valence-electron chi connectivity index (χ3n) is 21.8. The molecule has 0 N–H and O–H groups in total. The molecule has 756 valence electrons. The molecule has 3 aliphatic rings. The van der Waals surface area contributed by atoms with Gasteiger partial charge in [0.15, 0.2) is 15.5 Å². The molecule has 18 nitrogen and oxygen atoms in total. The van der Waals surface area contributed by atoms with Gasteiger partial charge in [0.05, 0.1) is 51.0 Å². The van der Waals surface area contributed by atoms with E-state index in [0.717, 1.165) is 85.1 Å². The van der Waals surface area contributed by atoms with Gasteiger partial charge in [-0.15, -0.1) is 0 Å². The van der Waals surface area contributed by atoms with E-state index >= 15 is 0 Å². The first-order chi connectivity index (χ1) is 86.4. The number of amides is 3. The highest BCUT2D eigenvalue weighted by Crippen LogP contribution is 2.39. The number of hydrogen-bond donors (Lipinski definition) is 0. The molecule has 12 aromatic rings. The number of likely N-dealkylation sites (N-methyl/N-ethyl adjacent to an activating group) is 3. The summed E-state index contributed by atoms with van der Waals surface area (Å²) < 4.78 is 560. The average Bonchev–Trinajstić information content (AvgIpc) is 1.52. The topological polar surface area (TPSA) is 175 Å². The molecule has 3 aliphatic carbocycles. The zero-order valence-corrected chi connectivity index (χ0v) is 79.7. The van der Waals surface area contributed by atoms with Gasteiger partial charge >= 0.3 is 18.5 Å². The smallest absolute Gasteiger partial charge is 0.336 e. The zero-order valence-electron chi connectivity index (χ0n) is 123. The van der Waals surface area contributed by atoms with Crippen molar-refractivity contribution < 1.29 is 130 Å². The molecule has 15 rings (SSSR count). The van der Waals surface area contributed by atoms with Crippen LogP contribution < -0.4 is 16.7 Å². The van der Waals surface area contributed by atoms with Gasteiger partial charge in [0.25, 0.3) is 16.7 Å². The summed E-state index contributed by atoms with van der Waals surface area (Å²) in [5.74, 6) is -9.93. The van der Waals surface area contributed by atoms with Crippen LogP contribution in [0.1, 0.15) is 214 Å². The van der Waals surface area contributed by atoms with Crippen LogP contribution in [0.3, 0.4) is 0 Å². The fourth-order valence-electron chi connectivity index (χ4n) is 14.4. The standard InChI is InChI=1S/2C37H40F4N4O2S.C36H38F4N4O2S/c1-4-43(5-2)18-19-44(22-26-6-10-28(11-7-26)29-12-14-30(15-13-29)37(39,40)41)34(46)23-45-33-21-25(3)20-32(33)35(47)42-36(45)48-24-27-8-16-31(38)17-9-27;1-4-43(5-2)19-20-44(22-26-9-13-28(14-10-26)29-15-18-32(25(3)21-29)37(39,40)41)34(46)23-45-33-8-6-7-31(33)35(47)42-36(45)48-24-27-11-16-30(38)17-12-27;1-3-42(4-2)20-21-43(22-25-8-12-27(13-9-25)28-14-16-29(17-15-28)36(38,39)40)33(45)23-44-32-7-5-6-31(32)34(46)41-35(44)47-24-26-10-18-30(37)19-11-26/h6-17,25H,4-5,18-24H2,1-3H3;9-18,21H,4-8,19-20,22-24H2,1-3H3;8-19H,3-7,20-24H2,1-2H3/i4D2,5D2,6D,7D,8D,9D,10D,11D,12D,13D,14D,15D,16D,17D,20D2,21D2,24D2,25D;4D2,5D2,9D,10D,11D,12D,13D,14D,15D,16D,17D,18D,21D,24D2;20D2,21D2,24D2. The lowest BCUT2D eigenvalue weighted by Gasteiger charge is -2.28. The van der Waals surface area contributed by atoms with E-state index in [0.29, 0.717) is 79.8 Å². The Morgan fingerprint density at radius 1 is 0.399 bits per heavy atom. The first-order valence-electron chi connectivity index (χ1n) is 66.6. The second kappa shape index (κ2) is 50.1. The van der Waals surface area contributed by atoms with Crippen molar-refractivity contribution in [3.63, 3.8) is 0 Å². The number of benzene rings is 9. The highest BCUT2D eigenvalue weighted by atomic mass is 32.2. The molecule has 0 bridgehead atoms. The second-order valence-electron chi connectivity index (χ2n) is 31.2. The molecule has 1 unspecified atom stereocenters. The van der Waals surface area contributed by atoms with E-state index in [1.807, 2.05) is 0 Å².